The first kappa shape index (κ1) is 20.1. The second-order valence-electron chi connectivity index (χ2n) is 7.18. The maximum absolute atomic E-state index is 11.9. The van der Waals surface area contributed by atoms with Gasteiger partial charge in [-0.15, -0.1) is 0 Å². The number of hydrazone groups is 1. The van der Waals surface area contributed by atoms with E-state index in [2.05, 4.69) is 39.7 Å². The van der Waals surface area contributed by atoms with E-state index in [1.54, 1.807) is 6.21 Å². The van der Waals surface area contributed by atoms with Crippen molar-refractivity contribution in [2.45, 2.75) is 6.61 Å². The van der Waals surface area contributed by atoms with Crippen LogP contribution in [0.2, 0.25) is 0 Å². The molecular weight excluding hydrogens is 378 g/mol. The lowest BCUT2D eigenvalue weighted by Crippen LogP contribution is -2.42. The molecule has 0 unspecified atom stereocenters. The zero-order valence-corrected chi connectivity index (χ0v) is 16.8. The third-order valence-corrected chi connectivity index (χ3v) is 5.03. The van der Waals surface area contributed by atoms with Crippen LogP contribution in [-0.2, 0) is 16.1 Å². The maximum Gasteiger partial charge on any atom is 0.254 e. The third kappa shape index (κ3) is 5.43. The largest absolute Gasteiger partial charge is 0.489 e. The summed E-state index contributed by atoms with van der Waals surface area (Å²) in [5, 5.41) is 6.46. The van der Waals surface area contributed by atoms with Crippen LogP contribution in [0, 0.1) is 0 Å². The van der Waals surface area contributed by atoms with E-state index < -0.39 is 0 Å². The summed E-state index contributed by atoms with van der Waals surface area (Å²) >= 11 is 0. The molecule has 0 saturated carbocycles. The van der Waals surface area contributed by atoms with E-state index in [0.29, 0.717) is 26.4 Å². The van der Waals surface area contributed by atoms with Crippen LogP contribution in [0.4, 0.5) is 0 Å². The summed E-state index contributed by atoms with van der Waals surface area (Å²) < 4.78 is 11.2. The van der Waals surface area contributed by atoms with Crippen LogP contribution in [0.15, 0.2) is 71.8 Å². The van der Waals surface area contributed by atoms with Crippen molar-refractivity contribution in [2.24, 2.45) is 5.10 Å². The quantitative estimate of drug-likeness (QED) is 0.486. The van der Waals surface area contributed by atoms with Crippen LogP contribution in [0.3, 0.4) is 0 Å². The molecule has 0 bridgehead atoms. The molecule has 4 rings (SSSR count). The van der Waals surface area contributed by atoms with Gasteiger partial charge < -0.3 is 9.47 Å². The van der Waals surface area contributed by atoms with Gasteiger partial charge in [0, 0.05) is 13.1 Å². The molecule has 0 spiro atoms. The van der Waals surface area contributed by atoms with E-state index in [1.165, 1.54) is 10.8 Å². The molecule has 0 aliphatic carbocycles. The lowest BCUT2D eigenvalue weighted by molar-refractivity contribution is -0.123. The van der Waals surface area contributed by atoms with Crippen molar-refractivity contribution in [3.63, 3.8) is 0 Å². The van der Waals surface area contributed by atoms with Gasteiger partial charge in [-0.2, -0.15) is 5.10 Å². The highest BCUT2D eigenvalue weighted by molar-refractivity contribution is 5.85. The molecular formula is C24H25N3O3. The molecule has 3 aromatic rings. The number of carbonyl (C=O) groups is 1. The lowest BCUT2D eigenvalue weighted by Gasteiger charge is -2.25. The normalized spacial score (nSPS) is 14.8. The van der Waals surface area contributed by atoms with Gasteiger partial charge in [0.15, 0.2) is 0 Å². The molecule has 154 valence electrons. The van der Waals surface area contributed by atoms with E-state index in [-0.39, 0.29) is 5.91 Å². The fourth-order valence-corrected chi connectivity index (χ4v) is 3.41. The van der Waals surface area contributed by atoms with Crippen molar-refractivity contribution in [3.8, 4) is 5.75 Å². The van der Waals surface area contributed by atoms with Crippen LogP contribution in [0.25, 0.3) is 10.8 Å². The Hall–Kier alpha value is -3.22. The highest BCUT2D eigenvalue weighted by Crippen LogP contribution is 2.20. The number of hydrogen-bond donors (Lipinski definition) is 1. The molecule has 6 heteroatoms. The number of benzene rings is 3. The van der Waals surface area contributed by atoms with Crippen LogP contribution in [0.1, 0.15) is 11.1 Å². The molecule has 0 radical (unpaired) electrons. The Balaban J connectivity index is 1.27. The molecule has 30 heavy (non-hydrogen) atoms. The highest BCUT2D eigenvalue weighted by Gasteiger charge is 2.13. The van der Waals surface area contributed by atoms with Crippen molar-refractivity contribution < 1.29 is 14.3 Å². The van der Waals surface area contributed by atoms with E-state index >= 15 is 0 Å². The van der Waals surface area contributed by atoms with Crippen molar-refractivity contribution in [1.29, 1.82) is 0 Å². The minimum atomic E-state index is -0.122. The van der Waals surface area contributed by atoms with E-state index in [1.807, 2.05) is 42.5 Å². The topological polar surface area (TPSA) is 63.2 Å². The Morgan fingerprint density at radius 3 is 2.63 bits per heavy atom. The van der Waals surface area contributed by atoms with Gasteiger partial charge in [-0.25, -0.2) is 5.43 Å². The van der Waals surface area contributed by atoms with Crippen molar-refractivity contribution in [1.82, 2.24) is 10.3 Å². The molecule has 1 heterocycles. The zero-order valence-electron chi connectivity index (χ0n) is 16.8. The fraction of sp³-hybridized carbons (Fsp3) is 0.250. The first-order chi connectivity index (χ1) is 14.8. The minimum Gasteiger partial charge on any atom is -0.489 e. The number of fused-ring (bicyclic) bond motifs is 1. The summed E-state index contributed by atoms with van der Waals surface area (Å²) in [7, 11) is 0. The Bertz CT molecular complexity index is 1010. The van der Waals surface area contributed by atoms with E-state index in [4.69, 9.17) is 9.47 Å². The molecule has 1 saturated heterocycles. The average molecular weight is 403 g/mol. The number of nitrogens with one attached hydrogen (secondary N) is 1. The van der Waals surface area contributed by atoms with Gasteiger partial charge in [-0.05, 0) is 46.2 Å². The maximum atomic E-state index is 11.9. The van der Waals surface area contributed by atoms with Crippen LogP contribution >= 0.6 is 0 Å². The third-order valence-electron chi connectivity index (χ3n) is 5.03. The van der Waals surface area contributed by atoms with Gasteiger partial charge >= 0.3 is 0 Å². The summed E-state index contributed by atoms with van der Waals surface area (Å²) in [5.41, 5.74) is 4.62. The van der Waals surface area contributed by atoms with E-state index in [0.717, 1.165) is 30.0 Å². The Kier molecular flexibility index (Phi) is 6.69. The predicted molar refractivity (Wildman–Crippen MR) is 118 cm³/mol. The van der Waals surface area contributed by atoms with Gasteiger partial charge in [0.25, 0.3) is 5.91 Å². The van der Waals surface area contributed by atoms with E-state index in [9.17, 15) is 4.79 Å². The monoisotopic (exact) mass is 403 g/mol. The fourth-order valence-electron chi connectivity index (χ4n) is 3.41. The Morgan fingerprint density at radius 1 is 1.03 bits per heavy atom. The van der Waals surface area contributed by atoms with Gasteiger partial charge in [0.05, 0.1) is 26.0 Å². The molecule has 1 aliphatic heterocycles. The summed E-state index contributed by atoms with van der Waals surface area (Å²) in [6.45, 7) is 3.74. The molecule has 1 N–H and O–H groups in total. The molecule has 1 fully saturated rings. The molecule has 3 aromatic carbocycles. The summed E-state index contributed by atoms with van der Waals surface area (Å²) in [5.74, 6) is 0.666. The van der Waals surface area contributed by atoms with Crippen LogP contribution in [-0.4, -0.2) is 49.9 Å². The Morgan fingerprint density at radius 2 is 1.80 bits per heavy atom. The first-order valence-corrected chi connectivity index (χ1v) is 10.1. The molecule has 0 atom stereocenters. The molecule has 1 amide bonds. The van der Waals surface area contributed by atoms with Gasteiger partial charge in [-0.3, -0.25) is 9.69 Å². The van der Waals surface area contributed by atoms with Crippen molar-refractivity contribution in [3.05, 3.63) is 77.9 Å². The molecule has 0 aromatic heterocycles. The standard InChI is InChI=1S/C24H25N3O3/c28-24(17-27-12-14-29-15-13-27)26-25-16-19-8-10-22(11-9-19)30-18-21-6-3-5-20-4-1-2-7-23(20)21/h1-11,16H,12-15,17-18H2,(H,26,28)/b25-16-. The van der Waals surface area contributed by atoms with Gasteiger partial charge in [0.1, 0.15) is 12.4 Å². The number of hydrogen-bond acceptors (Lipinski definition) is 5. The highest BCUT2D eigenvalue weighted by atomic mass is 16.5. The summed E-state index contributed by atoms with van der Waals surface area (Å²) in [6, 6.07) is 22.2. The van der Waals surface area contributed by atoms with Crippen LogP contribution < -0.4 is 10.2 Å². The second kappa shape index (κ2) is 10.0. The molecule has 1 aliphatic rings. The number of ether oxygens (including phenoxy) is 2. The summed E-state index contributed by atoms with van der Waals surface area (Å²) in [4.78, 5) is 14.0. The van der Waals surface area contributed by atoms with Crippen molar-refractivity contribution in [2.75, 3.05) is 32.8 Å². The number of morpholine rings is 1. The van der Waals surface area contributed by atoms with Gasteiger partial charge in [-0.1, -0.05) is 42.5 Å². The first-order valence-electron chi connectivity index (χ1n) is 10.1. The second-order valence-corrected chi connectivity index (χ2v) is 7.18. The minimum absolute atomic E-state index is 0.122. The van der Waals surface area contributed by atoms with Gasteiger partial charge in [0.2, 0.25) is 0 Å². The Labute approximate surface area is 176 Å². The van der Waals surface area contributed by atoms with Crippen LogP contribution in [0.5, 0.6) is 5.75 Å². The zero-order chi connectivity index (χ0) is 20.6. The molecule has 6 nitrogen and oxygen atoms in total. The number of nitrogens with zero attached hydrogens (tertiary/aromatic N) is 2. The number of rotatable bonds is 7. The SMILES string of the molecule is O=C(CN1CCOCC1)N/N=C\c1ccc(OCc2cccc3ccccc23)cc1. The number of carbonyl (C=O) groups excluding carboxylic acids is 1. The van der Waals surface area contributed by atoms with Crippen molar-refractivity contribution >= 4 is 22.9 Å². The smallest absolute Gasteiger partial charge is 0.254 e. The lowest BCUT2D eigenvalue weighted by atomic mass is 10.1. The predicted octanol–water partition coefficient (Wildman–Crippen LogP) is 3.20. The summed E-state index contributed by atoms with van der Waals surface area (Å²) in [6.07, 6.45) is 1.63. The number of amides is 1. The average Bonchev–Trinajstić information content (AvgIpc) is 2.79.